The monoisotopic (exact) mass is 198 g/mol. The van der Waals surface area contributed by atoms with E-state index in [4.69, 9.17) is 5.73 Å². The van der Waals surface area contributed by atoms with Crippen molar-refractivity contribution in [3.8, 4) is 0 Å². The van der Waals surface area contributed by atoms with E-state index in [1.165, 1.54) is 0 Å². The maximum absolute atomic E-state index is 11.6. The first-order valence-corrected chi connectivity index (χ1v) is 5.44. The SMILES string of the molecule is NC1CCN(C2CCCCC2O)C1=O. The van der Waals surface area contributed by atoms with E-state index in [1.54, 1.807) is 4.90 Å². The van der Waals surface area contributed by atoms with Gasteiger partial charge in [0.25, 0.3) is 0 Å². The summed E-state index contributed by atoms with van der Waals surface area (Å²) in [6, 6.07) is -0.297. The number of nitrogens with two attached hydrogens (primary N) is 1. The van der Waals surface area contributed by atoms with Crippen LogP contribution >= 0.6 is 0 Å². The Hall–Kier alpha value is -0.610. The zero-order chi connectivity index (χ0) is 10.1. The average Bonchev–Trinajstić information content (AvgIpc) is 2.49. The summed E-state index contributed by atoms with van der Waals surface area (Å²) in [5.74, 6) is 0.0240. The minimum atomic E-state index is -0.335. The molecule has 0 aromatic rings. The van der Waals surface area contributed by atoms with Crippen LogP contribution in [-0.4, -0.2) is 40.6 Å². The summed E-state index contributed by atoms with van der Waals surface area (Å²) in [6.07, 6.45) is 4.34. The predicted octanol–water partition coefficient (Wildman–Crippen LogP) is -0.151. The van der Waals surface area contributed by atoms with Crippen molar-refractivity contribution < 1.29 is 9.90 Å². The van der Waals surface area contributed by atoms with Crippen LogP contribution in [0.3, 0.4) is 0 Å². The lowest BCUT2D eigenvalue weighted by molar-refractivity contribution is -0.134. The van der Waals surface area contributed by atoms with Crippen LogP contribution in [0.1, 0.15) is 32.1 Å². The second kappa shape index (κ2) is 3.87. The molecule has 0 radical (unpaired) electrons. The van der Waals surface area contributed by atoms with E-state index in [1.807, 2.05) is 0 Å². The van der Waals surface area contributed by atoms with Gasteiger partial charge in [-0.05, 0) is 19.3 Å². The molecule has 0 bridgehead atoms. The molecule has 1 amide bonds. The summed E-state index contributed by atoms with van der Waals surface area (Å²) in [7, 11) is 0. The van der Waals surface area contributed by atoms with Crippen molar-refractivity contribution >= 4 is 5.91 Å². The molecule has 1 saturated carbocycles. The predicted molar refractivity (Wildman–Crippen MR) is 52.6 cm³/mol. The molecule has 3 N–H and O–H groups in total. The van der Waals surface area contributed by atoms with Gasteiger partial charge in [-0.3, -0.25) is 4.79 Å². The molecular weight excluding hydrogens is 180 g/mol. The van der Waals surface area contributed by atoms with Crippen LogP contribution in [0.4, 0.5) is 0 Å². The standard InChI is InChI=1S/C10H18N2O2/c11-7-5-6-12(10(7)14)8-3-1-2-4-9(8)13/h7-9,13H,1-6,11H2. The summed E-state index contributed by atoms with van der Waals surface area (Å²) in [5, 5.41) is 9.80. The van der Waals surface area contributed by atoms with Crippen LogP contribution in [0, 0.1) is 0 Å². The average molecular weight is 198 g/mol. The van der Waals surface area contributed by atoms with E-state index in [0.29, 0.717) is 0 Å². The minimum absolute atomic E-state index is 0.0240. The summed E-state index contributed by atoms with van der Waals surface area (Å²) in [4.78, 5) is 13.4. The lowest BCUT2D eigenvalue weighted by Crippen LogP contribution is -2.48. The summed E-state index contributed by atoms with van der Waals surface area (Å²) >= 11 is 0. The van der Waals surface area contributed by atoms with Crippen molar-refractivity contribution in [3.05, 3.63) is 0 Å². The molecule has 0 spiro atoms. The second-order valence-electron chi connectivity index (χ2n) is 4.35. The number of hydrogen-bond acceptors (Lipinski definition) is 3. The topological polar surface area (TPSA) is 66.6 Å². The van der Waals surface area contributed by atoms with E-state index in [-0.39, 0.29) is 24.1 Å². The Kier molecular flexibility index (Phi) is 2.74. The Morgan fingerprint density at radius 2 is 2.00 bits per heavy atom. The van der Waals surface area contributed by atoms with Crippen LogP contribution in [-0.2, 0) is 4.79 Å². The van der Waals surface area contributed by atoms with E-state index >= 15 is 0 Å². The summed E-state index contributed by atoms with van der Waals surface area (Å²) in [6.45, 7) is 0.724. The van der Waals surface area contributed by atoms with Gasteiger partial charge in [0.15, 0.2) is 0 Å². The quantitative estimate of drug-likeness (QED) is 0.615. The lowest BCUT2D eigenvalue weighted by Gasteiger charge is -2.35. The first-order chi connectivity index (χ1) is 6.70. The van der Waals surface area contributed by atoms with Crippen molar-refractivity contribution in [1.29, 1.82) is 0 Å². The number of carbonyl (C=O) groups excluding carboxylic acids is 1. The highest BCUT2D eigenvalue weighted by molar-refractivity contribution is 5.84. The largest absolute Gasteiger partial charge is 0.391 e. The van der Waals surface area contributed by atoms with Gasteiger partial charge < -0.3 is 15.7 Å². The molecule has 3 unspecified atom stereocenters. The highest BCUT2D eigenvalue weighted by atomic mass is 16.3. The molecule has 3 atom stereocenters. The molecule has 1 aliphatic carbocycles. The molecule has 80 valence electrons. The number of hydrogen-bond donors (Lipinski definition) is 2. The van der Waals surface area contributed by atoms with Crippen LogP contribution in [0.5, 0.6) is 0 Å². The maximum Gasteiger partial charge on any atom is 0.239 e. The molecule has 2 aliphatic rings. The van der Waals surface area contributed by atoms with Gasteiger partial charge in [0.2, 0.25) is 5.91 Å². The van der Waals surface area contributed by atoms with Gasteiger partial charge >= 0.3 is 0 Å². The molecular formula is C10H18N2O2. The van der Waals surface area contributed by atoms with Gasteiger partial charge in [-0.15, -0.1) is 0 Å². The van der Waals surface area contributed by atoms with Gasteiger partial charge in [0.05, 0.1) is 18.2 Å². The Balaban J connectivity index is 2.03. The highest BCUT2D eigenvalue weighted by Gasteiger charge is 2.37. The molecule has 1 aliphatic heterocycles. The van der Waals surface area contributed by atoms with Crippen LogP contribution < -0.4 is 5.73 Å². The number of likely N-dealkylation sites (tertiary alicyclic amines) is 1. The first kappa shape index (κ1) is 9.93. The molecule has 2 rings (SSSR count). The van der Waals surface area contributed by atoms with E-state index in [9.17, 15) is 9.90 Å². The van der Waals surface area contributed by atoms with Crippen molar-refractivity contribution in [2.45, 2.75) is 50.3 Å². The van der Waals surface area contributed by atoms with Gasteiger partial charge in [-0.25, -0.2) is 0 Å². The van der Waals surface area contributed by atoms with Crippen LogP contribution in [0.15, 0.2) is 0 Å². The minimum Gasteiger partial charge on any atom is -0.391 e. The Morgan fingerprint density at radius 1 is 1.29 bits per heavy atom. The fourth-order valence-electron chi connectivity index (χ4n) is 2.51. The van der Waals surface area contributed by atoms with Gasteiger partial charge in [-0.1, -0.05) is 12.8 Å². The first-order valence-electron chi connectivity index (χ1n) is 5.44. The van der Waals surface area contributed by atoms with E-state index < -0.39 is 0 Å². The molecule has 1 saturated heterocycles. The summed E-state index contributed by atoms with van der Waals surface area (Å²) in [5.41, 5.74) is 5.65. The molecule has 0 aromatic carbocycles. The van der Waals surface area contributed by atoms with Gasteiger partial charge in [-0.2, -0.15) is 0 Å². The number of aliphatic hydroxyl groups excluding tert-OH is 1. The van der Waals surface area contributed by atoms with Gasteiger partial charge in [0.1, 0.15) is 0 Å². The highest BCUT2D eigenvalue weighted by Crippen LogP contribution is 2.26. The lowest BCUT2D eigenvalue weighted by atomic mass is 9.91. The van der Waals surface area contributed by atoms with E-state index in [0.717, 1.165) is 38.6 Å². The molecule has 14 heavy (non-hydrogen) atoms. The third-order valence-electron chi connectivity index (χ3n) is 3.38. The van der Waals surface area contributed by atoms with Crippen molar-refractivity contribution in [2.24, 2.45) is 5.73 Å². The Labute approximate surface area is 84.1 Å². The third-order valence-corrected chi connectivity index (χ3v) is 3.38. The fraction of sp³-hybridized carbons (Fsp3) is 0.900. The molecule has 0 aromatic heterocycles. The van der Waals surface area contributed by atoms with Crippen molar-refractivity contribution in [3.63, 3.8) is 0 Å². The number of rotatable bonds is 1. The third kappa shape index (κ3) is 1.64. The normalized spacial score (nSPS) is 39.1. The molecule has 4 nitrogen and oxygen atoms in total. The van der Waals surface area contributed by atoms with Crippen LogP contribution in [0.2, 0.25) is 0 Å². The van der Waals surface area contributed by atoms with Crippen LogP contribution in [0.25, 0.3) is 0 Å². The number of amides is 1. The number of nitrogens with zero attached hydrogens (tertiary/aromatic N) is 1. The molecule has 4 heteroatoms. The smallest absolute Gasteiger partial charge is 0.239 e. The van der Waals surface area contributed by atoms with Crippen molar-refractivity contribution in [1.82, 2.24) is 4.90 Å². The second-order valence-corrected chi connectivity index (χ2v) is 4.35. The fourth-order valence-corrected chi connectivity index (χ4v) is 2.51. The number of aliphatic hydroxyl groups is 1. The Bertz CT molecular complexity index is 232. The van der Waals surface area contributed by atoms with Crippen molar-refractivity contribution in [2.75, 3.05) is 6.54 Å². The molecule has 2 fully saturated rings. The molecule has 1 heterocycles. The number of carbonyl (C=O) groups is 1. The zero-order valence-corrected chi connectivity index (χ0v) is 8.35. The van der Waals surface area contributed by atoms with Gasteiger partial charge in [0, 0.05) is 6.54 Å². The zero-order valence-electron chi connectivity index (χ0n) is 8.35. The van der Waals surface area contributed by atoms with E-state index in [2.05, 4.69) is 0 Å². The summed E-state index contributed by atoms with van der Waals surface area (Å²) < 4.78 is 0. The maximum atomic E-state index is 11.6. The Morgan fingerprint density at radius 3 is 2.57 bits per heavy atom.